The Balaban J connectivity index is 1.79. The van der Waals surface area contributed by atoms with Crippen LogP contribution in [-0.2, 0) is 0 Å². The van der Waals surface area contributed by atoms with Gasteiger partial charge in [0.05, 0.1) is 17.8 Å². The van der Waals surface area contributed by atoms with Crippen molar-refractivity contribution >= 4 is 12.4 Å². The Kier molecular flexibility index (Phi) is 2.57. The molecule has 2 saturated heterocycles. The Hall–Kier alpha value is -1.85. The zero-order valence-electron chi connectivity index (χ0n) is 9.90. The molecule has 0 aromatic carbocycles. The van der Waals surface area contributed by atoms with Crippen molar-refractivity contribution in [2.24, 2.45) is 0 Å². The first-order valence-electron chi connectivity index (χ1n) is 6.19. The second kappa shape index (κ2) is 4.12. The average Bonchev–Trinajstić information content (AvgIpc) is 2.92. The lowest BCUT2D eigenvalue weighted by Crippen LogP contribution is -2.46. The van der Waals surface area contributed by atoms with Crippen LogP contribution in [0.1, 0.15) is 42.1 Å². The summed E-state index contributed by atoms with van der Waals surface area (Å²) in [6.45, 7) is 0. The molecule has 0 spiro atoms. The second-order valence-electron chi connectivity index (χ2n) is 5.07. The first-order valence-corrected chi connectivity index (χ1v) is 6.19. The fraction of sp³-hybridized carbons (Fsp3) is 0.583. The third-order valence-electron chi connectivity index (χ3n) is 4.06. The minimum Gasteiger partial charge on any atom is -0.465 e. The summed E-state index contributed by atoms with van der Waals surface area (Å²) in [7, 11) is 0. The van der Waals surface area contributed by atoms with Crippen molar-refractivity contribution in [3.8, 4) is 0 Å². The van der Waals surface area contributed by atoms with Crippen molar-refractivity contribution in [3.05, 3.63) is 18.0 Å². The molecule has 1 aromatic rings. The minimum atomic E-state index is -0.810. The van der Waals surface area contributed by atoms with Crippen molar-refractivity contribution in [2.75, 3.05) is 0 Å². The maximum atomic E-state index is 11.2. The summed E-state index contributed by atoms with van der Waals surface area (Å²) in [6.07, 6.45) is 6.74. The molecule has 0 radical (unpaired) electrons. The van der Waals surface area contributed by atoms with Crippen molar-refractivity contribution in [2.45, 2.75) is 43.8 Å². The Bertz CT molecular complexity index is 471. The first-order chi connectivity index (χ1) is 8.69. The lowest BCUT2D eigenvalue weighted by atomic mass is 9.98. The number of rotatable bonds is 2. The van der Waals surface area contributed by atoms with E-state index < -0.39 is 6.09 Å². The average molecular weight is 249 g/mol. The molecule has 1 N–H and O–H groups in total. The van der Waals surface area contributed by atoms with Crippen LogP contribution in [0.5, 0.6) is 0 Å². The van der Waals surface area contributed by atoms with Crippen LogP contribution in [0, 0.1) is 0 Å². The molecule has 1 amide bonds. The molecule has 0 saturated carbocycles. The van der Waals surface area contributed by atoms with Crippen LogP contribution in [-0.4, -0.2) is 44.3 Å². The van der Waals surface area contributed by atoms with E-state index in [0.717, 1.165) is 32.0 Å². The molecule has 2 fully saturated rings. The zero-order valence-corrected chi connectivity index (χ0v) is 9.90. The summed E-state index contributed by atoms with van der Waals surface area (Å²) in [4.78, 5) is 23.4. The smallest absolute Gasteiger partial charge is 0.407 e. The predicted octanol–water partition coefficient (Wildman–Crippen LogP) is 1.54. The van der Waals surface area contributed by atoms with Crippen LogP contribution in [0.15, 0.2) is 12.4 Å². The number of amides is 1. The van der Waals surface area contributed by atoms with Gasteiger partial charge in [-0.2, -0.15) is 5.10 Å². The monoisotopic (exact) mass is 249 g/mol. The largest absolute Gasteiger partial charge is 0.465 e. The van der Waals surface area contributed by atoms with Gasteiger partial charge in [0, 0.05) is 18.3 Å². The number of hydrogen-bond donors (Lipinski definition) is 1. The molecule has 2 aliphatic heterocycles. The summed E-state index contributed by atoms with van der Waals surface area (Å²) >= 11 is 0. The van der Waals surface area contributed by atoms with Crippen LogP contribution in [0.2, 0.25) is 0 Å². The fourth-order valence-electron chi connectivity index (χ4n) is 3.29. The van der Waals surface area contributed by atoms with Gasteiger partial charge in [-0.3, -0.25) is 9.48 Å². The van der Waals surface area contributed by atoms with Crippen LogP contribution >= 0.6 is 0 Å². The SMILES string of the molecule is O=Cc1cnn(C2CC3CCC(C2)N3C(=O)O)c1. The van der Waals surface area contributed by atoms with Crippen molar-refractivity contribution in [1.29, 1.82) is 0 Å². The van der Waals surface area contributed by atoms with Gasteiger partial charge in [0.2, 0.25) is 0 Å². The number of hydrogen-bond acceptors (Lipinski definition) is 3. The highest BCUT2D eigenvalue weighted by atomic mass is 16.4. The lowest BCUT2D eigenvalue weighted by molar-refractivity contribution is 0.0845. The molecule has 1 aromatic heterocycles. The first kappa shape index (κ1) is 11.3. The second-order valence-corrected chi connectivity index (χ2v) is 5.07. The number of aldehydes is 1. The van der Waals surface area contributed by atoms with Crippen molar-refractivity contribution in [1.82, 2.24) is 14.7 Å². The van der Waals surface area contributed by atoms with Crippen molar-refractivity contribution in [3.63, 3.8) is 0 Å². The van der Waals surface area contributed by atoms with Gasteiger partial charge in [-0.25, -0.2) is 4.79 Å². The molecule has 2 bridgehead atoms. The molecule has 2 unspecified atom stereocenters. The molecule has 96 valence electrons. The van der Waals surface area contributed by atoms with E-state index >= 15 is 0 Å². The van der Waals surface area contributed by atoms with Gasteiger partial charge in [-0.05, 0) is 25.7 Å². The third kappa shape index (κ3) is 1.68. The molecule has 18 heavy (non-hydrogen) atoms. The number of carbonyl (C=O) groups excluding carboxylic acids is 1. The topological polar surface area (TPSA) is 75.4 Å². The standard InChI is InChI=1S/C12H15N3O3/c16-7-8-5-13-14(6-8)11-3-9-1-2-10(4-11)15(9)12(17)18/h5-7,9-11H,1-4H2,(H,17,18). The van der Waals surface area contributed by atoms with Gasteiger partial charge in [0.15, 0.2) is 6.29 Å². The van der Waals surface area contributed by atoms with Crippen LogP contribution in [0.4, 0.5) is 4.79 Å². The maximum absolute atomic E-state index is 11.2. The maximum Gasteiger partial charge on any atom is 0.407 e. The fourth-order valence-corrected chi connectivity index (χ4v) is 3.29. The van der Waals surface area contributed by atoms with E-state index in [0.29, 0.717) is 5.56 Å². The van der Waals surface area contributed by atoms with E-state index in [4.69, 9.17) is 0 Å². The lowest BCUT2D eigenvalue weighted by Gasteiger charge is -2.37. The predicted molar refractivity (Wildman–Crippen MR) is 62.6 cm³/mol. The van der Waals surface area contributed by atoms with Crippen LogP contribution < -0.4 is 0 Å². The van der Waals surface area contributed by atoms with Gasteiger partial charge in [0.25, 0.3) is 0 Å². The Labute approximate surface area is 104 Å². The Morgan fingerprint density at radius 3 is 2.50 bits per heavy atom. The van der Waals surface area contributed by atoms with Gasteiger partial charge in [-0.1, -0.05) is 0 Å². The molecule has 2 aliphatic rings. The summed E-state index contributed by atoms with van der Waals surface area (Å²) in [5, 5.41) is 13.4. The number of carboxylic acid groups (broad SMARTS) is 1. The molecule has 6 heteroatoms. The van der Waals surface area contributed by atoms with Crippen LogP contribution in [0.25, 0.3) is 0 Å². The number of carbonyl (C=O) groups is 2. The van der Waals surface area contributed by atoms with E-state index in [1.165, 1.54) is 0 Å². The normalized spacial score (nSPS) is 30.4. The van der Waals surface area contributed by atoms with E-state index in [9.17, 15) is 14.7 Å². The highest BCUT2D eigenvalue weighted by Gasteiger charge is 2.44. The van der Waals surface area contributed by atoms with E-state index in [1.807, 2.05) is 4.68 Å². The number of piperidine rings is 1. The Morgan fingerprint density at radius 1 is 1.33 bits per heavy atom. The summed E-state index contributed by atoms with van der Waals surface area (Å²) in [5.41, 5.74) is 0.572. The van der Waals surface area contributed by atoms with Crippen molar-refractivity contribution < 1.29 is 14.7 Å². The van der Waals surface area contributed by atoms with E-state index in [-0.39, 0.29) is 18.1 Å². The quantitative estimate of drug-likeness (QED) is 0.807. The molecule has 2 atom stereocenters. The van der Waals surface area contributed by atoms with E-state index in [2.05, 4.69) is 5.10 Å². The molecule has 3 rings (SSSR count). The Morgan fingerprint density at radius 2 is 2.00 bits per heavy atom. The minimum absolute atomic E-state index is 0.107. The zero-order chi connectivity index (χ0) is 12.7. The van der Waals surface area contributed by atoms with Crippen LogP contribution in [0.3, 0.4) is 0 Å². The van der Waals surface area contributed by atoms with Gasteiger partial charge < -0.3 is 10.0 Å². The number of aromatic nitrogens is 2. The highest BCUT2D eigenvalue weighted by molar-refractivity contribution is 5.73. The molecule has 6 nitrogen and oxygen atoms in total. The van der Waals surface area contributed by atoms with Gasteiger partial charge >= 0.3 is 6.09 Å². The molecule has 0 aliphatic carbocycles. The summed E-state index contributed by atoms with van der Waals surface area (Å²) in [5.74, 6) is 0. The molecular weight excluding hydrogens is 234 g/mol. The third-order valence-corrected chi connectivity index (χ3v) is 4.06. The molecular formula is C12H15N3O3. The molecule has 3 heterocycles. The summed E-state index contributed by atoms with van der Waals surface area (Å²) < 4.78 is 1.81. The summed E-state index contributed by atoms with van der Waals surface area (Å²) in [6, 6.07) is 0.428. The van der Waals surface area contributed by atoms with E-state index in [1.54, 1.807) is 17.3 Å². The van der Waals surface area contributed by atoms with Gasteiger partial charge in [0.1, 0.15) is 0 Å². The number of nitrogens with zero attached hydrogens (tertiary/aromatic N) is 3. The highest BCUT2D eigenvalue weighted by Crippen LogP contribution is 2.40. The van der Waals surface area contributed by atoms with Gasteiger partial charge in [-0.15, -0.1) is 0 Å². The number of fused-ring (bicyclic) bond motifs is 2.